The van der Waals surface area contributed by atoms with Crippen LogP contribution in [0.15, 0.2) is 30.3 Å². The zero-order valence-corrected chi connectivity index (χ0v) is 16.5. The van der Waals surface area contributed by atoms with Gasteiger partial charge < -0.3 is 9.64 Å². The molecule has 6 nitrogen and oxygen atoms in total. The number of benzene rings is 1. The van der Waals surface area contributed by atoms with E-state index in [1.165, 1.54) is 0 Å². The Bertz CT molecular complexity index is 700. The highest BCUT2D eigenvalue weighted by Crippen LogP contribution is 2.27. The zero-order chi connectivity index (χ0) is 18.6. The van der Waals surface area contributed by atoms with Crippen LogP contribution in [-0.4, -0.2) is 76.5 Å². The minimum atomic E-state index is 0.352. The molecule has 3 heterocycles. The number of hydrogen-bond acceptors (Lipinski definition) is 5. The van der Waals surface area contributed by atoms with Gasteiger partial charge in [0.1, 0.15) is 5.82 Å². The summed E-state index contributed by atoms with van der Waals surface area (Å²) in [4.78, 5) is 9.90. The van der Waals surface area contributed by atoms with Crippen LogP contribution in [0.4, 0.5) is 0 Å². The maximum atomic E-state index is 5.83. The number of likely N-dealkylation sites (tertiary alicyclic amines) is 1. The van der Waals surface area contributed by atoms with E-state index < -0.39 is 0 Å². The van der Waals surface area contributed by atoms with Crippen molar-refractivity contribution in [2.45, 2.75) is 44.8 Å². The average molecular weight is 370 g/mol. The molecule has 2 atom stereocenters. The van der Waals surface area contributed by atoms with Crippen LogP contribution in [0, 0.1) is 0 Å². The number of H-pyrrole nitrogens is 1. The normalized spacial score (nSPS) is 25.7. The summed E-state index contributed by atoms with van der Waals surface area (Å²) in [5, 5.41) is 7.60. The van der Waals surface area contributed by atoms with Crippen molar-refractivity contribution in [3.05, 3.63) is 36.2 Å². The fourth-order valence-corrected chi connectivity index (χ4v) is 4.35. The maximum absolute atomic E-state index is 5.83. The van der Waals surface area contributed by atoms with Crippen LogP contribution < -0.4 is 0 Å². The van der Waals surface area contributed by atoms with Crippen LogP contribution in [-0.2, 0) is 4.74 Å². The molecule has 6 heteroatoms. The first-order valence-electron chi connectivity index (χ1n) is 10.3. The van der Waals surface area contributed by atoms with E-state index in [0.717, 1.165) is 69.3 Å². The monoisotopic (exact) mass is 369 g/mol. The van der Waals surface area contributed by atoms with E-state index >= 15 is 0 Å². The number of piperidine rings is 1. The summed E-state index contributed by atoms with van der Waals surface area (Å²) in [5.41, 5.74) is 1.08. The van der Waals surface area contributed by atoms with E-state index in [0.29, 0.717) is 18.1 Å². The van der Waals surface area contributed by atoms with Gasteiger partial charge in [0.15, 0.2) is 5.82 Å². The molecule has 4 rings (SSSR count). The molecule has 146 valence electrons. The van der Waals surface area contributed by atoms with Crippen LogP contribution in [0.1, 0.15) is 38.4 Å². The van der Waals surface area contributed by atoms with Crippen LogP contribution in [0.25, 0.3) is 11.4 Å². The molecule has 2 unspecified atom stereocenters. The van der Waals surface area contributed by atoms with Crippen molar-refractivity contribution in [1.82, 2.24) is 25.0 Å². The molecule has 2 aliphatic heterocycles. The minimum absolute atomic E-state index is 0.352. The Morgan fingerprint density at radius 3 is 2.37 bits per heavy atom. The fraction of sp³-hybridized carbons (Fsp3) is 0.619. The molecule has 2 fully saturated rings. The quantitative estimate of drug-likeness (QED) is 0.878. The predicted molar refractivity (Wildman–Crippen MR) is 107 cm³/mol. The molecule has 27 heavy (non-hydrogen) atoms. The molecule has 0 bridgehead atoms. The maximum Gasteiger partial charge on any atom is 0.181 e. The van der Waals surface area contributed by atoms with E-state index in [9.17, 15) is 0 Å². The summed E-state index contributed by atoms with van der Waals surface area (Å²) in [7, 11) is 0. The Hall–Kier alpha value is -1.76. The average Bonchev–Trinajstić information content (AvgIpc) is 3.17. The van der Waals surface area contributed by atoms with Gasteiger partial charge in [0.2, 0.25) is 0 Å². The molecule has 2 aromatic rings. The highest BCUT2D eigenvalue weighted by atomic mass is 16.5. The molecular formula is C21H31N5O. The summed E-state index contributed by atoms with van der Waals surface area (Å²) in [6, 6.07) is 10.2. The number of aromatic amines is 1. The first-order valence-corrected chi connectivity index (χ1v) is 10.3. The van der Waals surface area contributed by atoms with Crippen LogP contribution >= 0.6 is 0 Å². The second-order valence-electron chi connectivity index (χ2n) is 8.04. The number of hydrogen-bond donors (Lipinski definition) is 1. The lowest BCUT2D eigenvalue weighted by atomic mass is 9.96. The highest BCUT2D eigenvalue weighted by molar-refractivity contribution is 5.53. The molecule has 1 aromatic carbocycles. The van der Waals surface area contributed by atoms with E-state index in [2.05, 4.69) is 46.0 Å². The third-order valence-corrected chi connectivity index (χ3v) is 5.74. The smallest absolute Gasteiger partial charge is 0.181 e. The van der Waals surface area contributed by atoms with Crippen molar-refractivity contribution in [3.8, 4) is 11.4 Å². The number of nitrogens with one attached hydrogen (secondary N) is 1. The van der Waals surface area contributed by atoms with E-state index in [-0.39, 0.29) is 0 Å². The van der Waals surface area contributed by atoms with Crippen LogP contribution in [0.5, 0.6) is 0 Å². The van der Waals surface area contributed by atoms with Gasteiger partial charge in [0, 0.05) is 37.7 Å². The second-order valence-corrected chi connectivity index (χ2v) is 8.04. The summed E-state index contributed by atoms with van der Waals surface area (Å²) < 4.78 is 5.83. The summed E-state index contributed by atoms with van der Waals surface area (Å²) in [5.74, 6) is 2.35. The molecule has 1 N–H and O–H groups in total. The van der Waals surface area contributed by atoms with Crippen molar-refractivity contribution < 1.29 is 4.74 Å². The van der Waals surface area contributed by atoms with Crippen molar-refractivity contribution in [2.75, 3.05) is 39.3 Å². The topological polar surface area (TPSA) is 57.3 Å². The van der Waals surface area contributed by atoms with Gasteiger partial charge in [-0.1, -0.05) is 30.3 Å². The van der Waals surface area contributed by atoms with Crippen molar-refractivity contribution in [3.63, 3.8) is 0 Å². The Morgan fingerprint density at radius 2 is 1.67 bits per heavy atom. The van der Waals surface area contributed by atoms with Gasteiger partial charge in [-0.2, -0.15) is 5.10 Å². The van der Waals surface area contributed by atoms with E-state index in [1.807, 2.05) is 18.2 Å². The lowest BCUT2D eigenvalue weighted by molar-refractivity contribution is -0.0696. The van der Waals surface area contributed by atoms with Crippen LogP contribution in [0.2, 0.25) is 0 Å². The number of aromatic nitrogens is 3. The molecular weight excluding hydrogens is 338 g/mol. The molecule has 1 aromatic heterocycles. The Kier molecular flexibility index (Phi) is 5.86. The Balaban J connectivity index is 1.25. The molecule has 0 aliphatic carbocycles. The summed E-state index contributed by atoms with van der Waals surface area (Å²) in [6.45, 7) is 11.0. The number of ether oxygens (including phenoxy) is 1. The van der Waals surface area contributed by atoms with Gasteiger partial charge in [0.25, 0.3) is 0 Å². The first kappa shape index (κ1) is 18.6. The van der Waals surface area contributed by atoms with Gasteiger partial charge in [0.05, 0.1) is 12.2 Å². The highest BCUT2D eigenvalue weighted by Gasteiger charge is 2.25. The SMILES string of the molecule is CC1CN(CCN2CCC(c3nc(-c4ccccc4)n[nH]3)CC2)CC(C)O1. The molecule has 0 spiro atoms. The molecule has 0 amide bonds. The molecule has 2 aliphatic rings. The fourth-order valence-electron chi connectivity index (χ4n) is 4.35. The standard InChI is InChI=1S/C21H31N5O/c1-16-14-26(15-17(2)27-16)13-12-25-10-8-19(9-11-25)21-22-20(23-24-21)18-6-4-3-5-7-18/h3-7,16-17,19H,8-15H2,1-2H3,(H,22,23,24). The number of morpholine rings is 1. The predicted octanol–water partition coefficient (Wildman–Crippen LogP) is 2.76. The second kappa shape index (κ2) is 8.50. The van der Waals surface area contributed by atoms with Crippen molar-refractivity contribution in [1.29, 1.82) is 0 Å². The minimum Gasteiger partial charge on any atom is -0.373 e. The van der Waals surface area contributed by atoms with Gasteiger partial charge in [-0.05, 0) is 39.8 Å². The van der Waals surface area contributed by atoms with Crippen molar-refractivity contribution in [2.24, 2.45) is 0 Å². The lowest BCUT2D eigenvalue weighted by Gasteiger charge is -2.37. The first-order chi connectivity index (χ1) is 13.2. The van der Waals surface area contributed by atoms with Gasteiger partial charge in [-0.15, -0.1) is 0 Å². The van der Waals surface area contributed by atoms with E-state index in [1.54, 1.807) is 0 Å². The lowest BCUT2D eigenvalue weighted by Crippen LogP contribution is -2.48. The Morgan fingerprint density at radius 1 is 1.00 bits per heavy atom. The third-order valence-electron chi connectivity index (χ3n) is 5.74. The summed E-state index contributed by atoms with van der Waals surface area (Å²) in [6.07, 6.45) is 3.01. The third kappa shape index (κ3) is 4.75. The number of nitrogens with zero attached hydrogens (tertiary/aromatic N) is 4. The van der Waals surface area contributed by atoms with Crippen LogP contribution in [0.3, 0.4) is 0 Å². The van der Waals surface area contributed by atoms with Gasteiger partial charge in [-0.3, -0.25) is 10.00 Å². The van der Waals surface area contributed by atoms with Gasteiger partial charge in [-0.25, -0.2) is 4.98 Å². The summed E-state index contributed by atoms with van der Waals surface area (Å²) >= 11 is 0. The molecule has 0 radical (unpaired) electrons. The van der Waals surface area contributed by atoms with E-state index in [4.69, 9.17) is 9.72 Å². The Labute approximate surface area is 161 Å². The van der Waals surface area contributed by atoms with Crippen molar-refractivity contribution >= 4 is 0 Å². The number of rotatable bonds is 5. The molecule has 0 saturated carbocycles. The zero-order valence-electron chi connectivity index (χ0n) is 16.5. The van der Waals surface area contributed by atoms with Gasteiger partial charge >= 0.3 is 0 Å². The molecule has 2 saturated heterocycles. The largest absolute Gasteiger partial charge is 0.373 e.